The van der Waals surface area contributed by atoms with Gasteiger partial charge in [-0.15, -0.1) is 0 Å². The van der Waals surface area contributed by atoms with Gasteiger partial charge in [0.1, 0.15) is 0 Å². The molecule has 1 aliphatic carbocycles. The number of allylic oxidation sites excluding steroid dienone is 1. The molecule has 3 nitrogen and oxygen atoms in total. The van der Waals surface area contributed by atoms with Crippen LogP contribution in [-0.2, 0) is 14.9 Å². The van der Waals surface area contributed by atoms with Crippen molar-refractivity contribution in [2.24, 2.45) is 0 Å². The molecule has 0 bridgehead atoms. The Morgan fingerprint density at radius 1 is 1.30 bits per heavy atom. The molecule has 20 heavy (non-hydrogen) atoms. The van der Waals surface area contributed by atoms with Gasteiger partial charge in [0, 0.05) is 11.5 Å². The summed E-state index contributed by atoms with van der Waals surface area (Å²) in [6.07, 6.45) is 5.01. The number of ether oxygens (including phenoxy) is 1. The maximum atomic E-state index is 11.3. The monoisotopic (exact) mass is 274 g/mol. The van der Waals surface area contributed by atoms with Crippen molar-refractivity contribution in [3.05, 3.63) is 47.0 Å². The van der Waals surface area contributed by atoms with E-state index in [9.17, 15) is 9.90 Å². The quantitative estimate of drug-likeness (QED) is 0.681. The van der Waals surface area contributed by atoms with Crippen LogP contribution in [0.5, 0.6) is 0 Å². The summed E-state index contributed by atoms with van der Waals surface area (Å²) in [4.78, 5) is 11.3. The van der Waals surface area contributed by atoms with Gasteiger partial charge in [-0.3, -0.25) is 0 Å². The summed E-state index contributed by atoms with van der Waals surface area (Å²) < 4.78 is 4.66. The molecule has 0 radical (unpaired) electrons. The van der Waals surface area contributed by atoms with Crippen LogP contribution in [0.25, 0.3) is 0 Å². The van der Waals surface area contributed by atoms with Crippen LogP contribution in [0.2, 0.25) is 0 Å². The maximum absolute atomic E-state index is 11.3. The minimum absolute atomic E-state index is 0.154. The molecule has 108 valence electrons. The molecule has 1 fully saturated rings. The smallest absolute Gasteiger partial charge is 0.330 e. The molecule has 0 aromatic heterocycles. The molecule has 2 rings (SSSR count). The number of benzene rings is 1. The van der Waals surface area contributed by atoms with E-state index < -0.39 is 0 Å². The third-order valence-corrected chi connectivity index (χ3v) is 4.34. The van der Waals surface area contributed by atoms with E-state index >= 15 is 0 Å². The van der Waals surface area contributed by atoms with Crippen molar-refractivity contribution >= 4 is 5.97 Å². The molecule has 0 saturated heterocycles. The number of rotatable bonds is 3. The number of esters is 1. The Kier molecular flexibility index (Phi) is 4.61. The minimum Gasteiger partial charge on any atom is -0.466 e. The molecular weight excluding hydrogens is 252 g/mol. The van der Waals surface area contributed by atoms with E-state index in [-0.39, 0.29) is 18.0 Å². The highest BCUT2D eigenvalue weighted by molar-refractivity contribution is 5.82. The molecule has 1 aromatic carbocycles. The highest BCUT2D eigenvalue weighted by Crippen LogP contribution is 2.41. The van der Waals surface area contributed by atoms with Gasteiger partial charge in [0.2, 0.25) is 0 Å². The average molecular weight is 274 g/mol. The lowest BCUT2D eigenvalue weighted by atomic mass is 9.68. The van der Waals surface area contributed by atoms with Gasteiger partial charge < -0.3 is 9.84 Å². The van der Waals surface area contributed by atoms with Crippen LogP contribution in [0.3, 0.4) is 0 Å². The zero-order valence-corrected chi connectivity index (χ0v) is 12.2. The zero-order chi connectivity index (χ0) is 14.6. The van der Waals surface area contributed by atoms with E-state index in [2.05, 4.69) is 35.9 Å². The van der Waals surface area contributed by atoms with Gasteiger partial charge in [-0.25, -0.2) is 4.79 Å². The van der Waals surface area contributed by atoms with Gasteiger partial charge in [0.05, 0.1) is 13.7 Å². The van der Waals surface area contributed by atoms with Crippen molar-refractivity contribution in [2.45, 2.75) is 38.0 Å². The second-order valence-electron chi connectivity index (χ2n) is 5.63. The third kappa shape index (κ3) is 3.10. The summed E-state index contributed by atoms with van der Waals surface area (Å²) in [5, 5.41) is 9.87. The summed E-state index contributed by atoms with van der Waals surface area (Å²) >= 11 is 0. The van der Waals surface area contributed by atoms with Crippen molar-refractivity contribution in [3.8, 4) is 0 Å². The Labute approximate surface area is 120 Å². The molecule has 1 aromatic rings. The van der Waals surface area contributed by atoms with Gasteiger partial charge >= 0.3 is 5.97 Å². The molecular formula is C17H22O3. The van der Waals surface area contributed by atoms with Gasteiger partial charge in [-0.05, 0) is 38.2 Å². The van der Waals surface area contributed by atoms with Crippen molar-refractivity contribution < 1.29 is 14.6 Å². The van der Waals surface area contributed by atoms with Crippen molar-refractivity contribution in [1.29, 1.82) is 0 Å². The average Bonchev–Trinajstić information content (AvgIpc) is 2.49. The zero-order valence-electron chi connectivity index (χ0n) is 12.2. The Morgan fingerprint density at radius 3 is 2.40 bits per heavy atom. The number of aliphatic hydroxyl groups excluding tert-OH is 1. The van der Waals surface area contributed by atoms with E-state index in [1.54, 1.807) is 6.08 Å². The highest BCUT2D eigenvalue weighted by atomic mass is 16.5. The summed E-state index contributed by atoms with van der Waals surface area (Å²) in [7, 11) is 1.40. The second-order valence-corrected chi connectivity index (χ2v) is 5.63. The van der Waals surface area contributed by atoms with Gasteiger partial charge in [0.15, 0.2) is 0 Å². The van der Waals surface area contributed by atoms with Crippen LogP contribution in [0.15, 0.2) is 35.9 Å². The number of carbonyl (C=O) groups excluding carboxylic acids is 1. The normalized spacial score (nSPS) is 22.4. The topological polar surface area (TPSA) is 46.5 Å². The molecule has 0 aliphatic heterocycles. The summed E-state index contributed by atoms with van der Waals surface area (Å²) in [6, 6.07) is 8.40. The summed E-state index contributed by atoms with van der Waals surface area (Å²) in [6.45, 7) is 2.22. The summed E-state index contributed by atoms with van der Waals surface area (Å²) in [5.41, 5.74) is 3.38. The first-order valence-corrected chi connectivity index (χ1v) is 7.05. The molecule has 1 aliphatic rings. The fourth-order valence-electron chi connectivity index (χ4n) is 2.86. The van der Waals surface area contributed by atoms with Crippen LogP contribution >= 0.6 is 0 Å². The third-order valence-electron chi connectivity index (χ3n) is 4.34. The van der Waals surface area contributed by atoms with Crippen molar-refractivity contribution in [3.63, 3.8) is 0 Å². The van der Waals surface area contributed by atoms with E-state index in [1.807, 2.05) is 0 Å². The van der Waals surface area contributed by atoms with Crippen molar-refractivity contribution in [2.75, 3.05) is 13.7 Å². The van der Waals surface area contributed by atoms with Crippen molar-refractivity contribution in [1.82, 2.24) is 0 Å². The standard InChI is InChI=1S/C17H22O3/c1-13-3-5-15(6-4-13)17(12-18)9-7-14(8-10-17)11-16(19)20-2/h3-6,11,18H,7-10,12H2,1-2H3. The molecule has 3 heteroatoms. The fourth-order valence-corrected chi connectivity index (χ4v) is 2.86. The van der Waals surface area contributed by atoms with Gasteiger partial charge in [-0.2, -0.15) is 0 Å². The first kappa shape index (κ1) is 14.8. The van der Waals surface area contributed by atoms with E-state index in [1.165, 1.54) is 18.2 Å². The molecule has 0 amide bonds. The Hall–Kier alpha value is -1.61. The highest BCUT2D eigenvalue weighted by Gasteiger charge is 2.34. The van der Waals surface area contributed by atoms with Gasteiger partial charge in [0.25, 0.3) is 0 Å². The number of carbonyl (C=O) groups is 1. The Bertz CT molecular complexity index is 489. The van der Waals surface area contributed by atoms with Crippen LogP contribution in [0, 0.1) is 6.92 Å². The molecule has 0 unspecified atom stereocenters. The summed E-state index contributed by atoms with van der Waals surface area (Å²) in [5.74, 6) is -0.285. The Morgan fingerprint density at radius 2 is 1.90 bits per heavy atom. The number of methoxy groups -OCH3 is 1. The van der Waals surface area contributed by atoms with E-state index in [0.717, 1.165) is 31.3 Å². The maximum Gasteiger partial charge on any atom is 0.330 e. The van der Waals surface area contributed by atoms with Crippen LogP contribution < -0.4 is 0 Å². The predicted octanol–water partition coefficient (Wildman–Crippen LogP) is 2.90. The number of aliphatic hydroxyl groups is 1. The fraction of sp³-hybridized carbons (Fsp3) is 0.471. The Balaban J connectivity index is 2.14. The molecule has 0 spiro atoms. The lowest BCUT2D eigenvalue weighted by Gasteiger charge is -2.37. The molecule has 0 heterocycles. The molecule has 1 saturated carbocycles. The largest absolute Gasteiger partial charge is 0.466 e. The van der Waals surface area contributed by atoms with Crippen LogP contribution in [-0.4, -0.2) is 24.8 Å². The first-order chi connectivity index (χ1) is 9.59. The van der Waals surface area contributed by atoms with E-state index in [4.69, 9.17) is 0 Å². The van der Waals surface area contributed by atoms with E-state index in [0.29, 0.717) is 0 Å². The van der Waals surface area contributed by atoms with Crippen LogP contribution in [0.4, 0.5) is 0 Å². The van der Waals surface area contributed by atoms with Gasteiger partial charge in [-0.1, -0.05) is 35.4 Å². The number of hydrogen-bond donors (Lipinski definition) is 1. The first-order valence-electron chi connectivity index (χ1n) is 7.05. The number of hydrogen-bond acceptors (Lipinski definition) is 3. The number of aryl methyl sites for hydroxylation is 1. The second kappa shape index (κ2) is 6.23. The van der Waals surface area contributed by atoms with Crippen LogP contribution in [0.1, 0.15) is 36.8 Å². The SMILES string of the molecule is COC(=O)C=C1CCC(CO)(c2ccc(C)cc2)CC1. The molecule has 1 N–H and O–H groups in total. The predicted molar refractivity (Wildman–Crippen MR) is 78.5 cm³/mol. The lowest BCUT2D eigenvalue weighted by Crippen LogP contribution is -2.33. The molecule has 0 atom stereocenters. The minimum atomic E-state index is -0.285. The lowest BCUT2D eigenvalue weighted by molar-refractivity contribution is -0.134.